The van der Waals surface area contributed by atoms with Crippen molar-refractivity contribution in [2.45, 2.75) is 20.0 Å². The van der Waals surface area contributed by atoms with Crippen LogP contribution in [0.1, 0.15) is 19.4 Å². The minimum atomic E-state index is 0.191. The maximum absolute atomic E-state index is 5.56. The fourth-order valence-electron chi connectivity index (χ4n) is 1.35. The van der Waals surface area contributed by atoms with Gasteiger partial charge < -0.3 is 4.74 Å². The lowest BCUT2D eigenvalue weighted by molar-refractivity contribution is 0.242. The molecule has 0 atom stereocenters. The van der Waals surface area contributed by atoms with E-state index in [1.165, 1.54) is 11.3 Å². The average Bonchev–Trinajstić information content (AvgIpc) is 2.84. The van der Waals surface area contributed by atoms with Crippen LogP contribution in [0.2, 0.25) is 0 Å². The van der Waals surface area contributed by atoms with Crippen LogP contribution in [0.15, 0.2) is 40.9 Å². The van der Waals surface area contributed by atoms with Gasteiger partial charge in [-0.05, 0) is 43.7 Å². The summed E-state index contributed by atoms with van der Waals surface area (Å²) < 4.78 is 5.56. The van der Waals surface area contributed by atoms with Crippen LogP contribution < -0.4 is 10.2 Å². The van der Waals surface area contributed by atoms with Gasteiger partial charge in [0, 0.05) is 11.6 Å². The molecule has 0 amide bonds. The Hall–Kier alpha value is -1.88. The van der Waals surface area contributed by atoms with Crippen LogP contribution in [0.4, 0.5) is 5.13 Å². The molecule has 1 aromatic carbocycles. The van der Waals surface area contributed by atoms with E-state index in [4.69, 9.17) is 4.74 Å². The number of hydrogen-bond donors (Lipinski definition) is 1. The molecule has 4 nitrogen and oxygen atoms in total. The van der Waals surface area contributed by atoms with E-state index in [1.54, 1.807) is 12.4 Å². The highest BCUT2D eigenvalue weighted by Crippen LogP contribution is 2.13. The molecule has 5 heteroatoms. The van der Waals surface area contributed by atoms with Gasteiger partial charge in [0.1, 0.15) is 5.75 Å². The zero-order valence-corrected chi connectivity index (χ0v) is 11.1. The molecular formula is C13H15N3OS. The molecular weight excluding hydrogens is 246 g/mol. The molecule has 0 bridgehead atoms. The van der Waals surface area contributed by atoms with Crippen molar-refractivity contribution in [3.05, 3.63) is 41.4 Å². The van der Waals surface area contributed by atoms with Gasteiger partial charge in [-0.15, -0.1) is 11.3 Å². The molecule has 1 aromatic heterocycles. The SMILES string of the molecule is CC(C)Oc1ccc(/C=N\Nc2nccs2)cc1. The van der Waals surface area contributed by atoms with Crippen LogP contribution in [-0.2, 0) is 0 Å². The predicted octanol–water partition coefficient (Wildman–Crippen LogP) is 3.38. The van der Waals surface area contributed by atoms with E-state index >= 15 is 0 Å². The first-order valence-electron chi connectivity index (χ1n) is 5.69. The lowest BCUT2D eigenvalue weighted by atomic mass is 10.2. The third-order valence-electron chi connectivity index (χ3n) is 2.06. The van der Waals surface area contributed by atoms with Crippen LogP contribution >= 0.6 is 11.3 Å². The third kappa shape index (κ3) is 3.85. The van der Waals surface area contributed by atoms with Crippen LogP contribution in [0.3, 0.4) is 0 Å². The summed E-state index contributed by atoms with van der Waals surface area (Å²) in [7, 11) is 0. The molecule has 0 aliphatic rings. The van der Waals surface area contributed by atoms with Gasteiger partial charge in [0.25, 0.3) is 0 Å². The maximum Gasteiger partial charge on any atom is 0.203 e. The van der Waals surface area contributed by atoms with E-state index in [2.05, 4.69) is 15.5 Å². The number of anilines is 1. The third-order valence-corrected chi connectivity index (χ3v) is 2.74. The Morgan fingerprint density at radius 2 is 2.11 bits per heavy atom. The van der Waals surface area contributed by atoms with Gasteiger partial charge in [-0.25, -0.2) is 4.98 Å². The smallest absolute Gasteiger partial charge is 0.203 e. The van der Waals surface area contributed by atoms with E-state index in [0.29, 0.717) is 0 Å². The molecule has 0 aliphatic heterocycles. The van der Waals surface area contributed by atoms with Crippen molar-refractivity contribution in [1.82, 2.24) is 4.98 Å². The Bertz CT molecular complexity index is 491. The summed E-state index contributed by atoms with van der Waals surface area (Å²) in [6.07, 6.45) is 3.68. The summed E-state index contributed by atoms with van der Waals surface area (Å²) >= 11 is 1.51. The monoisotopic (exact) mass is 261 g/mol. The first kappa shape index (κ1) is 12.6. The average molecular weight is 261 g/mol. The molecule has 2 aromatic rings. The first-order valence-corrected chi connectivity index (χ1v) is 6.57. The van der Waals surface area contributed by atoms with Crippen molar-refractivity contribution in [2.24, 2.45) is 5.10 Å². The maximum atomic E-state index is 5.56. The first-order chi connectivity index (χ1) is 8.74. The van der Waals surface area contributed by atoms with Crippen LogP contribution in [0, 0.1) is 0 Å². The number of hydrazone groups is 1. The van der Waals surface area contributed by atoms with Crippen molar-refractivity contribution < 1.29 is 4.74 Å². The summed E-state index contributed by atoms with van der Waals surface area (Å²) in [5, 5.41) is 6.79. The van der Waals surface area contributed by atoms with Gasteiger partial charge in [0.05, 0.1) is 12.3 Å². The molecule has 0 saturated carbocycles. The van der Waals surface area contributed by atoms with Crippen molar-refractivity contribution in [3.63, 3.8) is 0 Å². The number of benzene rings is 1. The van der Waals surface area contributed by atoms with Gasteiger partial charge >= 0.3 is 0 Å². The Morgan fingerprint density at radius 1 is 1.33 bits per heavy atom. The normalized spacial score (nSPS) is 11.1. The predicted molar refractivity (Wildman–Crippen MR) is 75.5 cm³/mol. The molecule has 0 fully saturated rings. The zero-order valence-electron chi connectivity index (χ0n) is 10.3. The second kappa shape index (κ2) is 6.16. The molecule has 1 N–H and O–H groups in total. The van der Waals surface area contributed by atoms with Gasteiger partial charge in [0.2, 0.25) is 5.13 Å². The van der Waals surface area contributed by atoms with E-state index < -0.39 is 0 Å². The molecule has 18 heavy (non-hydrogen) atoms. The van der Waals surface area contributed by atoms with Crippen LogP contribution in [0.5, 0.6) is 5.75 Å². The number of ether oxygens (including phenoxy) is 1. The second-order valence-electron chi connectivity index (χ2n) is 3.94. The van der Waals surface area contributed by atoms with Crippen LogP contribution in [-0.4, -0.2) is 17.3 Å². The van der Waals surface area contributed by atoms with Crippen molar-refractivity contribution in [2.75, 3.05) is 5.43 Å². The summed E-state index contributed by atoms with van der Waals surface area (Å²) in [6.45, 7) is 4.01. The number of aromatic nitrogens is 1. The van der Waals surface area contributed by atoms with Crippen molar-refractivity contribution in [3.8, 4) is 5.75 Å². The fourth-order valence-corrected chi connectivity index (χ4v) is 1.82. The molecule has 0 radical (unpaired) electrons. The lowest BCUT2D eigenvalue weighted by Crippen LogP contribution is -2.05. The number of hydrogen-bond acceptors (Lipinski definition) is 5. The zero-order chi connectivity index (χ0) is 12.8. The topological polar surface area (TPSA) is 46.5 Å². The van der Waals surface area contributed by atoms with Gasteiger partial charge in [0.15, 0.2) is 0 Å². The summed E-state index contributed by atoms with van der Waals surface area (Å²) in [4.78, 5) is 4.07. The molecule has 0 aliphatic carbocycles. The Balaban J connectivity index is 1.91. The molecule has 0 spiro atoms. The summed E-state index contributed by atoms with van der Waals surface area (Å²) in [5.74, 6) is 0.870. The molecule has 0 unspecified atom stereocenters. The summed E-state index contributed by atoms with van der Waals surface area (Å²) in [6, 6.07) is 7.80. The molecule has 1 heterocycles. The number of nitrogens with zero attached hydrogens (tertiary/aromatic N) is 2. The number of nitrogens with one attached hydrogen (secondary N) is 1. The molecule has 94 valence electrons. The summed E-state index contributed by atoms with van der Waals surface area (Å²) in [5.41, 5.74) is 3.87. The minimum Gasteiger partial charge on any atom is -0.491 e. The van der Waals surface area contributed by atoms with Gasteiger partial charge in [-0.1, -0.05) is 0 Å². The Labute approximate surface area is 110 Å². The standard InChI is InChI=1S/C13H15N3OS/c1-10(2)17-12-5-3-11(4-6-12)9-15-16-13-14-7-8-18-13/h3-10H,1-2H3,(H,14,16)/b15-9-. The number of rotatable bonds is 5. The van der Waals surface area contributed by atoms with E-state index in [-0.39, 0.29) is 6.10 Å². The second-order valence-corrected chi connectivity index (χ2v) is 4.84. The molecule has 2 rings (SSSR count). The van der Waals surface area contributed by atoms with Crippen molar-refractivity contribution in [1.29, 1.82) is 0 Å². The van der Waals surface area contributed by atoms with Gasteiger partial charge in [-0.3, -0.25) is 5.43 Å². The van der Waals surface area contributed by atoms with E-state index in [1.807, 2.05) is 43.5 Å². The highest BCUT2D eigenvalue weighted by atomic mass is 32.1. The number of thiazole rings is 1. The van der Waals surface area contributed by atoms with Crippen molar-refractivity contribution >= 4 is 22.7 Å². The largest absolute Gasteiger partial charge is 0.491 e. The molecule has 0 saturated heterocycles. The minimum absolute atomic E-state index is 0.191. The van der Waals surface area contributed by atoms with Gasteiger partial charge in [-0.2, -0.15) is 5.10 Å². The lowest BCUT2D eigenvalue weighted by Gasteiger charge is -2.08. The van der Waals surface area contributed by atoms with Crippen LogP contribution in [0.25, 0.3) is 0 Å². The highest BCUT2D eigenvalue weighted by Gasteiger charge is 1.96. The van der Waals surface area contributed by atoms with E-state index in [9.17, 15) is 0 Å². The quantitative estimate of drug-likeness (QED) is 0.663. The highest BCUT2D eigenvalue weighted by molar-refractivity contribution is 7.13. The van der Waals surface area contributed by atoms with E-state index in [0.717, 1.165) is 16.4 Å². The Kier molecular flexibility index (Phi) is 4.30. The fraction of sp³-hybridized carbons (Fsp3) is 0.231. The Morgan fingerprint density at radius 3 is 2.72 bits per heavy atom.